The number of nitrogens with zero attached hydrogens (tertiary/aromatic N) is 1. The number of alkyl halides is 3. The first kappa shape index (κ1) is 20.7. The molecule has 0 amide bonds. The minimum absolute atomic E-state index is 0.418. The van der Waals surface area contributed by atoms with E-state index < -0.39 is 11.7 Å². The first-order chi connectivity index (χ1) is 13.9. The fourth-order valence-corrected chi connectivity index (χ4v) is 5.08. The smallest absolute Gasteiger partial charge is 0.303 e. The summed E-state index contributed by atoms with van der Waals surface area (Å²) in [6.07, 6.45) is 1.68. The van der Waals surface area contributed by atoms with Crippen LogP contribution in [0, 0.1) is 5.41 Å². The van der Waals surface area contributed by atoms with Crippen LogP contribution in [0.3, 0.4) is 0 Å². The molecule has 0 N–H and O–H groups in total. The van der Waals surface area contributed by atoms with Crippen molar-refractivity contribution in [2.24, 2.45) is 5.41 Å². The van der Waals surface area contributed by atoms with E-state index >= 15 is 0 Å². The summed E-state index contributed by atoms with van der Waals surface area (Å²) < 4.78 is 39.3. The lowest BCUT2D eigenvalue weighted by molar-refractivity contribution is -0.138. The van der Waals surface area contributed by atoms with Crippen molar-refractivity contribution in [2.75, 3.05) is 19.6 Å². The Kier molecular flexibility index (Phi) is 5.94. The van der Waals surface area contributed by atoms with Crippen LogP contribution in [0.1, 0.15) is 54.7 Å². The fourth-order valence-electron chi connectivity index (χ4n) is 4.95. The van der Waals surface area contributed by atoms with Crippen LogP contribution in [-0.2, 0) is 12.6 Å². The van der Waals surface area contributed by atoms with E-state index in [0.717, 1.165) is 37.5 Å². The lowest BCUT2D eigenvalue weighted by Crippen LogP contribution is -2.35. The largest absolute Gasteiger partial charge is 0.416 e. The molecule has 2 aromatic rings. The predicted molar refractivity (Wildman–Crippen MR) is 111 cm³/mol. The van der Waals surface area contributed by atoms with Gasteiger partial charge in [0.1, 0.15) is 0 Å². The molecule has 2 fully saturated rings. The molecule has 29 heavy (non-hydrogen) atoms. The van der Waals surface area contributed by atoms with Crippen molar-refractivity contribution in [3.8, 4) is 0 Å². The van der Waals surface area contributed by atoms with Crippen LogP contribution in [-0.4, -0.2) is 24.5 Å². The quantitative estimate of drug-likeness (QED) is 0.456. The third-order valence-corrected chi connectivity index (χ3v) is 7.06. The number of aryl methyl sites for hydroxylation is 1. The van der Waals surface area contributed by atoms with E-state index in [0.29, 0.717) is 23.3 Å². The summed E-state index contributed by atoms with van der Waals surface area (Å²) >= 11 is 6.00. The van der Waals surface area contributed by atoms with Gasteiger partial charge in [-0.25, -0.2) is 0 Å². The van der Waals surface area contributed by atoms with Gasteiger partial charge in [0.05, 0.1) is 5.56 Å². The van der Waals surface area contributed by atoms with Crippen molar-refractivity contribution >= 4 is 11.6 Å². The minimum atomic E-state index is -4.26. The van der Waals surface area contributed by atoms with E-state index in [1.807, 2.05) is 12.1 Å². The van der Waals surface area contributed by atoms with Crippen LogP contribution in [0.2, 0.25) is 5.02 Å². The first-order valence-electron chi connectivity index (χ1n) is 10.5. The second kappa shape index (κ2) is 8.31. The maximum atomic E-state index is 13.1. The number of hydrogen-bond donors (Lipinski definition) is 0. The molecule has 1 unspecified atom stereocenters. The SMILES string of the molecule is FC(F)(F)c1ccccc1CCCCN1CCC2(CC1)CC2c1ccc(Cl)cc1. The molecule has 1 spiro atoms. The predicted octanol–water partition coefficient (Wildman–Crippen LogP) is 6.95. The van der Waals surface area contributed by atoms with Gasteiger partial charge < -0.3 is 4.90 Å². The molecular formula is C24H27ClF3N. The van der Waals surface area contributed by atoms with Crippen LogP contribution < -0.4 is 0 Å². The lowest BCUT2D eigenvalue weighted by atomic mass is 9.88. The molecule has 1 saturated heterocycles. The number of halogens is 4. The Morgan fingerprint density at radius 2 is 1.66 bits per heavy atom. The highest BCUT2D eigenvalue weighted by molar-refractivity contribution is 6.30. The average Bonchev–Trinajstić information content (AvgIpc) is 3.40. The van der Waals surface area contributed by atoms with Gasteiger partial charge in [0.15, 0.2) is 0 Å². The van der Waals surface area contributed by atoms with Crippen molar-refractivity contribution < 1.29 is 13.2 Å². The summed E-state index contributed by atoms with van der Waals surface area (Å²) in [4.78, 5) is 2.48. The number of piperidine rings is 1. The second-order valence-corrected chi connectivity index (χ2v) is 9.06. The molecule has 0 aromatic heterocycles. The third kappa shape index (κ3) is 4.80. The van der Waals surface area contributed by atoms with Gasteiger partial charge in [-0.05, 0) is 98.8 Å². The molecule has 5 heteroatoms. The van der Waals surface area contributed by atoms with Crippen molar-refractivity contribution in [3.05, 3.63) is 70.2 Å². The summed E-state index contributed by atoms with van der Waals surface area (Å²) in [5.41, 5.74) is 1.81. The van der Waals surface area contributed by atoms with Crippen LogP contribution in [0.25, 0.3) is 0 Å². The number of likely N-dealkylation sites (tertiary alicyclic amines) is 1. The topological polar surface area (TPSA) is 3.24 Å². The molecular weight excluding hydrogens is 395 g/mol. The molecule has 0 radical (unpaired) electrons. The molecule has 1 aliphatic carbocycles. The monoisotopic (exact) mass is 421 g/mol. The van der Waals surface area contributed by atoms with Crippen LogP contribution in [0.15, 0.2) is 48.5 Å². The highest BCUT2D eigenvalue weighted by Crippen LogP contribution is 2.64. The van der Waals surface area contributed by atoms with Crippen LogP contribution >= 0.6 is 11.6 Å². The molecule has 1 aliphatic heterocycles. The average molecular weight is 422 g/mol. The van der Waals surface area contributed by atoms with E-state index in [2.05, 4.69) is 17.0 Å². The molecule has 1 saturated carbocycles. The van der Waals surface area contributed by atoms with Gasteiger partial charge in [0.25, 0.3) is 0 Å². The van der Waals surface area contributed by atoms with Crippen LogP contribution in [0.4, 0.5) is 13.2 Å². The summed E-state index contributed by atoms with van der Waals surface area (Å²) in [6.45, 7) is 3.18. The maximum absolute atomic E-state index is 13.1. The third-order valence-electron chi connectivity index (χ3n) is 6.81. The van der Waals surface area contributed by atoms with Crippen molar-refractivity contribution in [3.63, 3.8) is 0 Å². The standard InChI is InChI=1S/C24H27ClF3N/c25-20-10-8-19(9-11-20)22-17-23(22)12-15-29(16-13-23)14-4-3-6-18-5-1-2-7-21(18)24(26,27)28/h1-2,5,7-11,22H,3-4,6,12-17H2. The van der Waals surface area contributed by atoms with Crippen molar-refractivity contribution in [1.82, 2.24) is 4.90 Å². The van der Waals surface area contributed by atoms with Gasteiger partial charge in [0.2, 0.25) is 0 Å². The Labute approximate surface area is 175 Å². The first-order valence-corrected chi connectivity index (χ1v) is 10.9. The maximum Gasteiger partial charge on any atom is 0.416 e. The number of rotatable bonds is 6. The minimum Gasteiger partial charge on any atom is -0.303 e. The zero-order valence-electron chi connectivity index (χ0n) is 16.5. The normalized spacial score (nSPS) is 21.4. The van der Waals surface area contributed by atoms with Crippen molar-refractivity contribution in [1.29, 1.82) is 0 Å². The van der Waals surface area contributed by atoms with Gasteiger partial charge in [-0.15, -0.1) is 0 Å². The molecule has 0 bridgehead atoms. The van der Waals surface area contributed by atoms with E-state index in [1.54, 1.807) is 12.1 Å². The van der Waals surface area contributed by atoms with Crippen molar-refractivity contribution in [2.45, 2.75) is 50.6 Å². The molecule has 2 aliphatic rings. The number of hydrogen-bond acceptors (Lipinski definition) is 1. The van der Waals surface area contributed by atoms with E-state index in [1.165, 1.54) is 37.0 Å². The summed E-state index contributed by atoms with van der Waals surface area (Å²) in [6, 6.07) is 14.2. The molecule has 1 heterocycles. The van der Waals surface area contributed by atoms with Gasteiger partial charge in [-0.1, -0.05) is 41.9 Å². The van der Waals surface area contributed by atoms with Gasteiger partial charge in [0, 0.05) is 5.02 Å². The Morgan fingerprint density at radius 3 is 2.34 bits per heavy atom. The Hall–Kier alpha value is -1.52. The van der Waals surface area contributed by atoms with E-state index in [4.69, 9.17) is 11.6 Å². The number of unbranched alkanes of at least 4 members (excludes halogenated alkanes) is 1. The van der Waals surface area contributed by atoms with Gasteiger partial charge >= 0.3 is 6.18 Å². The Balaban J connectivity index is 1.20. The van der Waals surface area contributed by atoms with E-state index in [-0.39, 0.29) is 0 Å². The number of benzene rings is 2. The molecule has 4 rings (SSSR count). The van der Waals surface area contributed by atoms with Gasteiger partial charge in [-0.2, -0.15) is 13.2 Å². The molecule has 2 aromatic carbocycles. The van der Waals surface area contributed by atoms with Gasteiger partial charge in [-0.3, -0.25) is 0 Å². The summed E-state index contributed by atoms with van der Waals surface area (Å²) in [5, 5.41) is 0.788. The zero-order valence-corrected chi connectivity index (χ0v) is 17.3. The molecule has 1 atom stereocenters. The Morgan fingerprint density at radius 1 is 0.966 bits per heavy atom. The highest BCUT2D eigenvalue weighted by atomic mass is 35.5. The Bertz CT molecular complexity index is 823. The zero-order chi connectivity index (χ0) is 20.5. The lowest BCUT2D eigenvalue weighted by Gasteiger charge is -2.33. The van der Waals surface area contributed by atoms with E-state index in [9.17, 15) is 13.2 Å². The van der Waals surface area contributed by atoms with Crippen LogP contribution in [0.5, 0.6) is 0 Å². The molecule has 156 valence electrons. The summed E-state index contributed by atoms with van der Waals surface area (Å²) in [5.74, 6) is 0.667. The highest BCUT2D eigenvalue weighted by Gasteiger charge is 2.55. The fraction of sp³-hybridized carbons (Fsp3) is 0.500. The summed E-state index contributed by atoms with van der Waals surface area (Å²) in [7, 11) is 0. The second-order valence-electron chi connectivity index (χ2n) is 8.62. The molecule has 1 nitrogen and oxygen atoms in total.